The summed E-state index contributed by atoms with van der Waals surface area (Å²) in [5.41, 5.74) is 6.45. The summed E-state index contributed by atoms with van der Waals surface area (Å²) in [6, 6.07) is 41.9. The van der Waals surface area contributed by atoms with Gasteiger partial charge in [0, 0.05) is 11.6 Å². The number of hydrogen-bond acceptors (Lipinski definition) is 2. The predicted molar refractivity (Wildman–Crippen MR) is 171 cm³/mol. The minimum atomic E-state index is 0.000858. The molecule has 0 unspecified atom stereocenters. The molecule has 1 aliphatic heterocycles. The van der Waals surface area contributed by atoms with Crippen molar-refractivity contribution in [3.8, 4) is 0 Å². The van der Waals surface area contributed by atoms with Gasteiger partial charge in [0.1, 0.15) is 17.9 Å². The standard InChI is InChI=1S/C39H43NO/c1-28-20-23-31(24-21-28)38-37(27-35(30-14-8-5-9-15-30)40(38)33-18-12-7-13-19-33)41-36-26-29(2)22-25-34(36)39(3,4)32-16-10-6-11-17-32/h5-21,23-24,27,29,34-36,38H,22,25-26H2,1-4H3/t29-,34-,35-,36-,38+/m1/s1. The number of anilines is 1. The highest BCUT2D eigenvalue weighted by Gasteiger charge is 2.44. The lowest BCUT2D eigenvalue weighted by molar-refractivity contribution is -0.0154. The molecule has 1 heterocycles. The Labute approximate surface area is 246 Å². The third kappa shape index (κ3) is 5.58. The SMILES string of the molecule is Cc1ccc([C@H]2C(O[C@@H]3C[C@H](C)CC[C@H]3C(C)(C)c3ccccc3)=C[C@H](c3ccccc3)N2c2ccccc2)cc1. The van der Waals surface area contributed by atoms with E-state index in [1.165, 1.54) is 40.8 Å². The molecule has 1 aliphatic carbocycles. The van der Waals surface area contributed by atoms with Crippen molar-refractivity contribution in [3.63, 3.8) is 0 Å². The van der Waals surface area contributed by atoms with Crippen molar-refractivity contribution in [2.24, 2.45) is 11.8 Å². The van der Waals surface area contributed by atoms with E-state index >= 15 is 0 Å². The molecule has 0 saturated heterocycles. The molecular formula is C39H43NO. The molecule has 1 fully saturated rings. The van der Waals surface area contributed by atoms with Crippen LogP contribution in [0.25, 0.3) is 0 Å². The molecule has 4 aromatic rings. The third-order valence-electron chi connectivity index (χ3n) is 9.54. The Morgan fingerprint density at radius 1 is 0.707 bits per heavy atom. The van der Waals surface area contributed by atoms with Gasteiger partial charge in [-0.1, -0.05) is 136 Å². The van der Waals surface area contributed by atoms with Crippen molar-refractivity contribution in [2.75, 3.05) is 4.90 Å². The predicted octanol–water partition coefficient (Wildman–Crippen LogP) is 9.98. The van der Waals surface area contributed by atoms with E-state index in [4.69, 9.17) is 4.74 Å². The van der Waals surface area contributed by atoms with Crippen LogP contribution in [0.4, 0.5) is 5.69 Å². The van der Waals surface area contributed by atoms with Gasteiger partial charge in [-0.05, 0) is 66.0 Å². The number of ether oxygens (including phenoxy) is 1. The van der Waals surface area contributed by atoms with Crippen LogP contribution in [0.15, 0.2) is 127 Å². The van der Waals surface area contributed by atoms with E-state index in [2.05, 4.69) is 154 Å². The summed E-state index contributed by atoms with van der Waals surface area (Å²) in [5, 5.41) is 0. The maximum absolute atomic E-state index is 7.36. The van der Waals surface area contributed by atoms with Gasteiger partial charge in [-0.2, -0.15) is 0 Å². The largest absolute Gasteiger partial charge is 0.492 e. The fraction of sp³-hybridized carbons (Fsp3) is 0.333. The van der Waals surface area contributed by atoms with Crippen LogP contribution in [0.1, 0.15) is 74.4 Å². The lowest BCUT2D eigenvalue weighted by atomic mass is 9.64. The molecule has 0 aromatic heterocycles. The molecule has 2 aliphatic rings. The van der Waals surface area contributed by atoms with E-state index in [1.54, 1.807) is 0 Å². The highest BCUT2D eigenvalue weighted by Crippen LogP contribution is 2.50. The van der Waals surface area contributed by atoms with Crippen LogP contribution in [-0.2, 0) is 10.2 Å². The first-order valence-electron chi connectivity index (χ1n) is 15.3. The van der Waals surface area contributed by atoms with Gasteiger partial charge in [0.2, 0.25) is 0 Å². The number of aryl methyl sites for hydroxylation is 1. The first kappa shape index (κ1) is 27.4. The molecule has 1 saturated carbocycles. The molecule has 6 rings (SSSR count). The Hall–Kier alpha value is -3.78. The summed E-state index contributed by atoms with van der Waals surface area (Å²) in [4.78, 5) is 2.55. The van der Waals surface area contributed by atoms with Crippen LogP contribution in [0.5, 0.6) is 0 Å². The molecule has 4 aromatic carbocycles. The van der Waals surface area contributed by atoms with Crippen molar-refractivity contribution < 1.29 is 4.74 Å². The lowest BCUT2D eigenvalue weighted by Gasteiger charge is -2.45. The van der Waals surface area contributed by atoms with E-state index in [0.717, 1.165) is 12.2 Å². The smallest absolute Gasteiger partial charge is 0.122 e. The van der Waals surface area contributed by atoms with Crippen LogP contribution in [0.3, 0.4) is 0 Å². The lowest BCUT2D eigenvalue weighted by Crippen LogP contribution is -2.43. The molecule has 0 N–H and O–H groups in total. The normalized spacial score (nSPS) is 24.6. The Morgan fingerprint density at radius 3 is 1.98 bits per heavy atom. The highest BCUT2D eigenvalue weighted by atomic mass is 16.5. The third-order valence-corrected chi connectivity index (χ3v) is 9.54. The highest BCUT2D eigenvalue weighted by molar-refractivity contribution is 5.58. The van der Waals surface area contributed by atoms with Crippen molar-refractivity contribution >= 4 is 5.69 Å². The first-order chi connectivity index (χ1) is 19.9. The monoisotopic (exact) mass is 541 g/mol. The fourth-order valence-corrected chi connectivity index (χ4v) is 7.16. The summed E-state index contributed by atoms with van der Waals surface area (Å²) in [6.45, 7) is 9.39. The molecule has 210 valence electrons. The van der Waals surface area contributed by atoms with Crippen LogP contribution < -0.4 is 4.90 Å². The zero-order valence-corrected chi connectivity index (χ0v) is 24.9. The van der Waals surface area contributed by atoms with E-state index in [9.17, 15) is 0 Å². The maximum Gasteiger partial charge on any atom is 0.122 e. The average molecular weight is 542 g/mol. The van der Waals surface area contributed by atoms with Crippen LogP contribution in [0.2, 0.25) is 0 Å². The minimum absolute atomic E-state index is 0.000858. The summed E-state index contributed by atoms with van der Waals surface area (Å²) >= 11 is 0. The van der Waals surface area contributed by atoms with E-state index in [0.29, 0.717) is 11.8 Å². The van der Waals surface area contributed by atoms with E-state index < -0.39 is 0 Å². The average Bonchev–Trinajstić information content (AvgIpc) is 3.38. The van der Waals surface area contributed by atoms with Gasteiger partial charge in [-0.15, -0.1) is 0 Å². The summed E-state index contributed by atoms with van der Waals surface area (Å²) < 4.78 is 7.36. The second-order valence-electron chi connectivity index (χ2n) is 12.7. The molecule has 5 atom stereocenters. The summed E-state index contributed by atoms with van der Waals surface area (Å²) in [5.74, 6) is 2.17. The molecule has 0 amide bonds. The van der Waals surface area contributed by atoms with E-state index in [1.807, 2.05) is 0 Å². The van der Waals surface area contributed by atoms with Crippen molar-refractivity contribution in [1.29, 1.82) is 0 Å². The summed E-state index contributed by atoms with van der Waals surface area (Å²) in [6.07, 6.45) is 6.07. The van der Waals surface area contributed by atoms with Crippen LogP contribution >= 0.6 is 0 Å². The molecule has 41 heavy (non-hydrogen) atoms. The Bertz CT molecular complexity index is 1440. The van der Waals surface area contributed by atoms with Crippen molar-refractivity contribution in [3.05, 3.63) is 149 Å². The van der Waals surface area contributed by atoms with Crippen LogP contribution in [-0.4, -0.2) is 6.10 Å². The van der Waals surface area contributed by atoms with Gasteiger partial charge in [0.15, 0.2) is 0 Å². The Morgan fingerprint density at radius 2 is 1.32 bits per heavy atom. The fourth-order valence-electron chi connectivity index (χ4n) is 7.16. The molecule has 2 heteroatoms. The number of para-hydroxylation sites is 1. The van der Waals surface area contributed by atoms with Gasteiger partial charge in [0.05, 0.1) is 6.04 Å². The van der Waals surface area contributed by atoms with Gasteiger partial charge >= 0.3 is 0 Å². The van der Waals surface area contributed by atoms with E-state index in [-0.39, 0.29) is 23.6 Å². The number of rotatable bonds is 7. The van der Waals surface area contributed by atoms with Crippen molar-refractivity contribution in [2.45, 2.75) is 70.6 Å². The minimum Gasteiger partial charge on any atom is -0.492 e. The number of benzene rings is 4. The van der Waals surface area contributed by atoms with Crippen LogP contribution in [0, 0.1) is 18.8 Å². The van der Waals surface area contributed by atoms with Crippen molar-refractivity contribution in [1.82, 2.24) is 0 Å². The number of hydrogen-bond donors (Lipinski definition) is 0. The Balaban J connectivity index is 1.44. The molecule has 0 radical (unpaired) electrons. The zero-order valence-electron chi connectivity index (χ0n) is 24.9. The maximum atomic E-state index is 7.36. The van der Waals surface area contributed by atoms with Gasteiger partial charge in [-0.25, -0.2) is 0 Å². The number of nitrogens with zero attached hydrogens (tertiary/aromatic N) is 1. The quantitative estimate of drug-likeness (QED) is 0.231. The molecule has 2 nitrogen and oxygen atoms in total. The molecule has 0 spiro atoms. The molecule has 0 bridgehead atoms. The second kappa shape index (κ2) is 11.6. The Kier molecular flexibility index (Phi) is 7.75. The van der Waals surface area contributed by atoms with Gasteiger partial charge in [-0.3, -0.25) is 0 Å². The topological polar surface area (TPSA) is 12.5 Å². The van der Waals surface area contributed by atoms with Gasteiger partial charge in [0.25, 0.3) is 0 Å². The first-order valence-corrected chi connectivity index (χ1v) is 15.3. The molecular weight excluding hydrogens is 498 g/mol. The second-order valence-corrected chi connectivity index (χ2v) is 12.7. The summed E-state index contributed by atoms with van der Waals surface area (Å²) in [7, 11) is 0. The zero-order chi connectivity index (χ0) is 28.4. The van der Waals surface area contributed by atoms with Gasteiger partial charge < -0.3 is 9.64 Å².